The Hall–Kier alpha value is -1.61. The molecule has 0 radical (unpaired) electrons. The van der Waals surface area contributed by atoms with Gasteiger partial charge in [0.15, 0.2) is 0 Å². The van der Waals surface area contributed by atoms with E-state index in [1.165, 1.54) is 12.5 Å². The lowest BCUT2D eigenvalue weighted by molar-refractivity contribution is -0.131. The lowest BCUT2D eigenvalue weighted by atomic mass is 9.64. The van der Waals surface area contributed by atoms with E-state index in [1.807, 2.05) is 24.3 Å². The van der Waals surface area contributed by atoms with Crippen molar-refractivity contribution >= 4 is 5.97 Å². The molecule has 2 bridgehead atoms. The van der Waals surface area contributed by atoms with E-state index in [0.717, 1.165) is 12.2 Å². The molecule has 1 saturated heterocycles. The van der Waals surface area contributed by atoms with Crippen molar-refractivity contribution in [2.45, 2.75) is 33.8 Å². The SMILES string of the molecule is CC(=O)Oc1ccc([C@@H]2OC[C@@H]3[C@@H](C)[C@@H]2C(C)=C[C@@H]3C)cc1. The Balaban J connectivity index is 1.86. The molecule has 3 rings (SSSR count). The van der Waals surface area contributed by atoms with E-state index in [2.05, 4.69) is 26.8 Å². The summed E-state index contributed by atoms with van der Waals surface area (Å²) in [5, 5.41) is 0. The minimum absolute atomic E-state index is 0.0985. The van der Waals surface area contributed by atoms with Crippen LogP contribution in [0.2, 0.25) is 0 Å². The molecule has 118 valence electrons. The lowest BCUT2D eigenvalue weighted by Crippen LogP contribution is -2.42. The van der Waals surface area contributed by atoms with Crippen LogP contribution in [0.5, 0.6) is 5.75 Å². The van der Waals surface area contributed by atoms with Crippen LogP contribution >= 0.6 is 0 Å². The fourth-order valence-electron chi connectivity index (χ4n) is 4.14. The highest BCUT2D eigenvalue weighted by Crippen LogP contribution is 2.49. The van der Waals surface area contributed by atoms with E-state index in [9.17, 15) is 4.79 Å². The molecule has 1 aromatic rings. The van der Waals surface area contributed by atoms with Crippen molar-refractivity contribution in [3.63, 3.8) is 0 Å². The number of carbonyl (C=O) groups excluding carboxylic acids is 1. The van der Waals surface area contributed by atoms with Gasteiger partial charge in [0.2, 0.25) is 0 Å². The van der Waals surface area contributed by atoms with Crippen molar-refractivity contribution in [3.05, 3.63) is 41.5 Å². The zero-order valence-corrected chi connectivity index (χ0v) is 13.7. The van der Waals surface area contributed by atoms with E-state index in [0.29, 0.717) is 29.4 Å². The molecule has 0 N–H and O–H groups in total. The van der Waals surface area contributed by atoms with Crippen LogP contribution < -0.4 is 4.74 Å². The molecular weight excluding hydrogens is 276 g/mol. The van der Waals surface area contributed by atoms with Gasteiger partial charge in [-0.15, -0.1) is 0 Å². The van der Waals surface area contributed by atoms with E-state index in [-0.39, 0.29) is 12.1 Å². The van der Waals surface area contributed by atoms with Gasteiger partial charge in [0.1, 0.15) is 5.75 Å². The first-order valence-corrected chi connectivity index (χ1v) is 8.05. The summed E-state index contributed by atoms with van der Waals surface area (Å²) >= 11 is 0. The second-order valence-electron chi connectivity index (χ2n) is 6.74. The predicted octanol–water partition coefficient (Wildman–Crippen LogP) is 4.15. The highest BCUT2D eigenvalue weighted by Gasteiger charge is 2.43. The highest BCUT2D eigenvalue weighted by atomic mass is 16.5. The topological polar surface area (TPSA) is 35.5 Å². The molecule has 0 unspecified atom stereocenters. The maximum Gasteiger partial charge on any atom is 0.308 e. The molecular formula is C19H24O3. The number of allylic oxidation sites excluding steroid dienone is 1. The molecule has 0 saturated carbocycles. The Labute approximate surface area is 132 Å². The molecule has 22 heavy (non-hydrogen) atoms. The largest absolute Gasteiger partial charge is 0.427 e. The summed E-state index contributed by atoms with van der Waals surface area (Å²) in [6.07, 6.45) is 2.51. The third-order valence-electron chi connectivity index (χ3n) is 5.23. The van der Waals surface area contributed by atoms with Gasteiger partial charge in [-0.25, -0.2) is 0 Å². The third-order valence-corrected chi connectivity index (χ3v) is 5.23. The minimum Gasteiger partial charge on any atom is -0.427 e. The number of carbonyl (C=O) groups is 1. The van der Waals surface area contributed by atoms with E-state index >= 15 is 0 Å². The van der Waals surface area contributed by atoms with E-state index in [4.69, 9.17) is 9.47 Å². The van der Waals surface area contributed by atoms with Gasteiger partial charge in [0, 0.05) is 12.8 Å². The first-order valence-electron chi connectivity index (χ1n) is 8.05. The molecule has 0 spiro atoms. The van der Waals surface area contributed by atoms with Crippen LogP contribution in [0.25, 0.3) is 0 Å². The first-order chi connectivity index (χ1) is 10.5. The Morgan fingerprint density at radius 3 is 2.55 bits per heavy atom. The zero-order chi connectivity index (χ0) is 15.9. The molecule has 1 aromatic carbocycles. The maximum atomic E-state index is 11.0. The van der Waals surface area contributed by atoms with Crippen molar-refractivity contribution in [2.75, 3.05) is 6.61 Å². The summed E-state index contributed by atoms with van der Waals surface area (Å²) in [7, 11) is 0. The van der Waals surface area contributed by atoms with Crippen LogP contribution in [0.15, 0.2) is 35.9 Å². The second kappa shape index (κ2) is 5.88. The molecule has 1 fully saturated rings. The zero-order valence-electron chi connectivity index (χ0n) is 13.7. The Morgan fingerprint density at radius 2 is 1.91 bits per heavy atom. The van der Waals surface area contributed by atoms with Gasteiger partial charge < -0.3 is 9.47 Å². The monoisotopic (exact) mass is 300 g/mol. The van der Waals surface area contributed by atoms with Crippen LogP contribution in [0.4, 0.5) is 0 Å². The van der Waals surface area contributed by atoms with Gasteiger partial charge in [-0.3, -0.25) is 4.79 Å². The van der Waals surface area contributed by atoms with E-state index in [1.54, 1.807) is 0 Å². The van der Waals surface area contributed by atoms with Crippen molar-refractivity contribution in [1.29, 1.82) is 0 Å². The number of hydrogen-bond acceptors (Lipinski definition) is 3. The summed E-state index contributed by atoms with van der Waals surface area (Å²) < 4.78 is 11.3. The van der Waals surface area contributed by atoms with Crippen molar-refractivity contribution in [3.8, 4) is 5.75 Å². The summed E-state index contributed by atoms with van der Waals surface area (Å²) in [6.45, 7) is 9.10. The molecule has 1 heterocycles. The van der Waals surface area contributed by atoms with Crippen LogP contribution in [-0.2, 0) is 9.53 Å². The first kappa shape index (κ1) is 15.3. The van der Waals surface area contributed by atoms with Gasteiger partial charge in [-0.2, -0.15) is 0 Å². The molecule has 2 aliphatic rings. The number of esters is 1. The van der Waals surface area contributed by atoms with E-state index < -0.39 is 0 Å². The third kappa shape index (κ3) is 2.70. The quantitative estimate of drug-likeness (QED) is 0.467. The summed E-state index contributed by atoms with van der Waals surface area (Å²) in [4.78, 5) is 11.0. The van der Waals surface area contributed by atoms with Crippen molar-refractivity contribution in [2.24, 2.45) is 23.7 Å². The van der Waals surface area contributed by atoms with Gasteiger partial charge in [0.05, 0.1) is 12.7 Å². The standard InChI is InChI=1S/C19H24O3/c1-11-9-12(2)18-13(3)17(11)10-21-19(18)15-5-7-16(8-6-15)22-14(4)20/h5-9,11,13,17-19H,10H2,1-4H3/t11-,13+,17-,18-,19-/m0/s1. The maximum absolute atomic E-state index is 11.0. The molecule has 1 aliphatic carbocycles. The second-order valence-corrected chi connectivity index (χ2v) is 6.74. The smallest absolute Gasteiger partial charge is 0.308 e. The summed E-state index contributed by atoms with van der Waals surface area (Å²) in [5.74, 6) is 2.57. The summed E-state index contributed by atoms with van der Waals surface area (Å²) in [6, 6.07) is 7.73. The van der Waals surface area contributed by atoms with Crippen LogP contribution in [0.3, 0.4) is 0 Å². The van der Waals surface area contributed by atoms with Crippen molar-refractivity contribution < 1.29 is 14.3 Å². The average molecular weight is 300 g/mol. The van der Waals surface area contributed by atoms with Gasteiger partial charge >= 0.3 is 5.97 Å². The van der Waals surface area contributed by atoms with Gasteiger partial charge in [0.25, 0.3) is 0 Å². The summed E-state index contributed by atoms with van der Waals surface area (Å²) in [5.41, 5.74) is 2.60. The normalized spacial score (nSPS) is 34.0. The number of ether oxygens (including phenoxy) is 2. The number of fused-ring (bicyclic) bond motifs is 2. The fraction of sp³-hybridized carbons (Fsp3) is 0.526. The lowest BCUT2D eigenvalue weighted by Gasteiger charge is -2.47. The Bertz CT molecular complexity index is 587. The molecule has 1 aliphatic heterocycles. The highest BCUT2D eigenvalue weighted by molar-refractivity contribution is 5.69. The van der Waals surface area contributed by atoms with Crippen molar-refractivity contribution in [1.82, 2.24) is 0 Å². The predicted molar refractivity (Wildman–Crippen MR) is 85.5 cm³/mol. The molecule has 0 aromatic heterocycles. The average Bonchev–Trinajstić information content (AvgIpc) is 2.45. The molecule has 0 amide bonds. The molecule has 3 nitrogen and oxygen atoms in total. The number of rotatable bonds is 2. The van der Waals surface area contributed by atoms with Gasteiger partial charge in [-0.1, -0.05) is 37.6 Å². The number of hydrogen-bond donors (Lipinski definition) is 0. The number of benzene rings is 1. The van der Waals surface area contributed by atoms with Crippen LogP contribution in [0, 0.1) is 23.7 Å². The van der Waals surface area contributed by atoms with Crippen LogP contribution in [-0.4, -0.2) is 12.6 Å². The van der Waals surface area contributed by atoms with Crippen LogP contribution in [0.1, 0.15) is 39.4 Å². The van der Waals surface area contributed by atoms with Gasteiger partial charge in [-0.05, 0) is 42.4 Å². The Kier molecular flexibility index (Phi) is 4.09. The fourth-order valence-corrected chi connectivity index (χ4v) is 4.14. The molecule has 3 heteroatoms. The molecule has 5 atom stereocenters. The Morgan fingerprint density at radius 1 is 1.23 bits per heavy atom. The minimum atomic E-state index is -0.293.